The number of aryl methyl sites for hydroxylation is 4. The quantitative estimate of drug-likeness (QED) is 0.670. The lowest BCUT2D eigenvalue weighted by Gasteiger charge is -2.04. The normalized spacial score (nSPS) is 12.7. The second-order valence-corrected chi connectivity index (χ2v) is 9.60. The molecule has 0 aliphatic rings. The molecule has 3 rings (SSSR count). The molecule has 0 spiro atoms. The maximum absolute atomic E-state index is 12.5. The lowest BCUT2D eigenvalue weighted by atomic mass is 10.1. The fraction of sp³-hybridized carbons (Fsp3) is 0.300. The van der Waals surface area contributed by atoms with Gasteiger partial charge in [-0.3, -0.25) is 4.79 Å². The highest BCUT2D eigenvalue weighted by Crippen LogP contribution is 2.23. The van der Waals surface area contributed by atoms with E-state index in [0.717, 1.165) is 26.9 Å². The Hall–Kier alpha value is -2.25. The van der Waals surface area contributed by atoms with E-state index in [1.807, 2.05) is 32.3 Å². The maximum Gasteiger partial charge on any atom is 0.263 e. The van der Waals surface area contributed by atoms with Crippen LogP contribution < -0.4 is 4.80 Å². The van der Waals surface area contributed by atoms with Crippen molar-refractivity contribution in [2.75, 3.05) is 5.75 Å². The van der Waals surface area contributed by atoms with Crippen LogP contribution in [-0.4, -0.2) is 24.6 Å². The minimum atomic E-state index is -3.71. The van der Waals surface area contributed by atoms with Crippen LogP contribution in [0.25, 0.3) is 10.2 Å². The second-order valence-electron chi connectivity index (χ2n) is 6.64. The van der Waals surface area contributed by atoms with Crippen LogP contribution in [0, 0.1) is 20.8 Å². The first kappa shape index (κ1) is 19.5. The van der Waals surface area contributed by atoms with Crippen molar-refractivity contribution >= 4 is 37.3 Å². The molecule has 3 aromatic rings. The van der Waals surface area contributed by atoms with Gasteiger partial charge in [0.1, 0.15) is 5.75 Å². The molecule has 0 radical (unpaired) electrons. The Labute approximate surface area is 162 Å². The number of carbonyl (C=O) groups is 1. The van der Waals surface area contributed by atoms with Crippen molar-refractivity contribution in [1.29, 1.82) is 0 Å². The van der Waals surface area contributed by atoms with Crippen LogP contribution >= 0.6 is 11.3 Å². The lowest BCUT2D eigenvalue weighted by molar-refractivity contribution is -0.115. The predicted octanol–water partition coefficient (Wildman–Crippen LogP) is 3.55. The van der Waals surface area contributed by atoms with Crippen LogP contribution in [0.1, 0.15) is 23.6 Å². The largest absolute Gasteiger partial charge is 0.317 e. The molecule has 0 bridgehead atoms. The van der Waals surface area contributed by atoms with E-state index in [-0.39, 0.29) is 4.90 Å². The number of benzene rings is 2. The number of rotatable bonds is 4. The van der Waals surface area contributed by atoms with Gasteiger partial charge in [0.2, 0.25) is 0 Å². The van der Waals surface area contributed by atoms with Gasteiger partial charge in [0.25, 0.3) is 5.91 Å². The number of hydrogen-bond donors (Lipinski definition) is 0. The summed E-state index contributed by atoms with van der Waals surface area (Å²) >= 11 is 1.42. The van der Waals surface area contributed by atoms with Gasteiger partial charge in [-0.05, 0) is 57.0 Å². The smallest absolute Gasteiger partial charge is 0.263 e. The number of hydrogen-bond acceptors (Lipinski definition) is 4. The first-order valence-electron chi connectivity index (χ1n) is 8.69. The minimum Gasteiger partial charge on any atom is -0.317 e. The number of aromatic nitrogens is 1. The lowest BCUT2D eigenvalue weighted by Crippen LogP contribution is -2.20. The number of nitrogens with zero attached hydrogens (tertiary/aromatic N) is 2. The van der Waals surface area contributed by atoms with E-state index in [2.05, 4.69) is 17.1 Å². The summed E-state index contributed by atoms with van der Waals surface area (Å²) in [7, 11) is -3.71. The van der Waals surface area contributed by atoms with Gasteiger partial charge in [-0.15, -0.1) is 0 Å². The van der Waals surface area contributed by atoms with E-state index in [4.69, 9.17) is 0 Å². The molecule has 27 heavy (non-hydrogen) atoms. The maximum atomic E-state index is 12.5. The van der Waals surface area contributed by atoms with Crippen molar-refractivity contribution in [2.45, 2.75) is 39.1 Å². The fourth-order valence-corrected chi connectivity index (χ4v) is 5.30. The summed E-state index contributed by atoms with van der Waals surface area (Å²) in [6, 6.07) is 10.6. The monoisotopic (exact) mass is 402 g/mol. The van der Waals surface area contributed by atoms with Gasteiger partial charge in [0.05, 0.1) is 15.1 Å². The molecule has 7 heteroatoms. The Bertz CT molecular complexity index is 1180. The van der Waals surface area contributed by atoms with Crippen molar-refractivity contribution in [2.24, 2.45) is 4.99 Å². The van der Waals surface area contributed by atoms with E-state index < -0.39 is 21.5 Å². The summed E-state index contributed by atoms with van der Waals surface area (Å²) in [6.45, 7) is 8.57. The van der Waals surface area contributed by atoms with E-state index in [1.54, 1.807) is 12.1 Å². The summed E-state index contributed by atoms with van der Waals surface area (Å²) in [6.07, 6.45) is 0. The molecule has 0 saturated heterocycles. The molecule has 1 aromatic heterocycles. The average Bonchev–Trinajstić information content (AvgIpc) is 2.91. The van der Waals surface area contributed by atoms with Crippen LogP contribution in [0.3, 0.4) is 0 Å². The summed E-state index contributed by atoms with van der Waals surface area (Å²) in [4.78, 5) is 17.2. The van der Waals surface area contributed by atoms with Gasteiger partial charge in [-0.25, -0.2) is 8.42 Å². The highest BCUT2D eigenvalue weighted by Gasteiger charge is 2.19. The molecule has 142 valence electrons. The third kappa shape index (κ3) is 4.04. The first-order valence-corrected chi connectivity index (χ1v) is 11.2. The topological polar surface area (TPSA) is 68.5 Å². The number of sulfone groups is 1. The molecular weight excluding hydrogens is 380 g/mol. The SMILES string of the molecule is CCn1c(=NC(=O)CS(=O)(=O)c2ccc(C)cc2)sc2c(C)cc(C)cc21. The van der Waals surface area contributed by atoms with E-state index in [0.29, 0.717) is 11.3 Å². The zero-order valence-corrected chi connectivity index (χ0v) is 17.4. The van der Waals surface area contributed by atoms with E-state index >= 15 is 0 Å². The van der Waals surface area contributed by atoms with Gasteiger partial charge in [0, 0.05) is 6.54 Å². The molecule has 5 nitrogen and oxygen atoms in total. The van der Waals surface area contributed by atoms with E-state index in [1.165, 1.54) is 23.5 Å². The number of fused-ring (bicyclic) bond motifs is 1. The van der Waals surface area contributed by atoms with Crippen molar-refractivity contribution in [3.8, 4) is 0 Å². The van der Waals surface area contributed by atoms with Crippen LogP contribution in [-0.2, 0) is 21.2 Å². The Kier molecular flexibility index (Phi) is 5.35. The Morgan fingerprint density at radius 2 is 1.74 bits per heavy atom. The summed E-state index contributed by atoms with van der Waals surface area (Å²) in [5.74, 6) is -1.29. The zero-order chi connectivity index (χ0) is 19.8. The summed E-state index contributed by atoms with van der Waals surface area (Å²) < 4.78 is 28.0. The molecule has 0 unspecified atom stereocenters. The average molecular weight is 403 g/mol. The molecule has 0 atom stereocenters. The molecule has 0 N–H and O–H groups in total. The van der Waals surface area contributed by atoms with Crippen LogP contribution in [0.5, 0.6) is 0 Å². The van der Waals surface area contributed by atoms with Crippen molar-refractivity contribution in [3.63, 3.8) is 0 Å². The van der Waals surface area contributed by atoms with Crippen LogP contribution in [0.4, 0.5) is 0 Å². The molecule has 0 aliphatic carbocycles. The summed E-state index contributed by atoms with van der Waals surface area (Å²) in [5.41, 5.74) is 4.25. The molecular formula is C20H22N2O3S2. The number of carbonyl (C=O) groups excluding carboxylic acids is 1. The van der Waals surface area contributed by atoms with Gasteiger partial charge in [0.15, 0.2) is 14.6 Å². The molecule has 2 aromatic carbocycles. The molecule has 0 saturated carbocycles. The van der Waals surface area contributed by atoms with Gasteiger partial charge in [-0.2, -0.15) is 4.99 Å². The highest BCUT2D eigenvalue weighted by molar-refractivity contribution is 7.92. The Morgan fingerprint density at radius 3 is 2.37 bits per heavy atom. The summed E-state index contributed by atoms with van der Waals surface area (Å²) in [5, 5.41) is 0. The number of amides is 1. The predicted molar refractivity (Wildman–Crippen MR) is 109 cm³/mol. The van der Waals surface area contributed by atoms with E-state index in [9.17, 15) is 13.2 Å². The molecule has 1 heterocycles. The third-order valence-corrected chi connectivity index (χ3v) is 7.19. The minimum absolute atomic E-state index is 0.142. The van der Waals surface area contributed by atoms with Crippen molar-refractivity contribution in [3.05, 3.63) is 57.9 Å². The van der Waals surface area contributed by atoms with Gasteiger partial charge >= 0.3 is 0 Å². The molecule has 0 aliphatic heterocycles. The van der Waals surface area contributed by atoms with Crippen LogP contribution in [0.15, 0.2) is 46.3 Å². The standard InChI is InChI=1S/C20H22N2O3S2/c1-5-22-17-11-14(3)10-15(4)19(17)26-20(22)21-18(23)12-27(24,25)16-8-6-13(2)7-9-16/h6-11H,5,12H2,1-4H3. The van der Waals surface area contributed by atoms with Crippen molar-refractivity contribution < 1.29 is 13.2 Å². The molecule has 0 fully saturated rings. The molecule has 1 amide bonds. The Morgan fingerprint density at radius 1 is 1.07 bits per heavy atom. The van der Waals surface area contributed by atoms with Crippen LogP contribution in [0.2, 0.25) is 0 Å². The third-order valence-electron chi connectivity index (χ3n) is 4.34. The van der Waals surface area contributed by atoms with Gasteiger partial charge < -0.3 is 4.57 Å². The first-order chi connectivity index (χ1) is 12.7. The zero-order valence-electron chi connectivity index (χ0n) is 15.8. The van der Waals surface area contributed by atoms with Crippen molar-refractivity contribution in [1.82, 2.24) is 4.57 Å². The van der Waals surface area contributed by atoms with Gasteiger partial charge in [-0.1, -0.05) is 35.1 Å². The fourth-order valence-electron chi connectivity index (χ4n) is 3.03. The highest BCUT2D eigenvalue weighted by atomic mass is 32.2. The number of thiazole rings is 1. The Balaban J connectivity index is 2.00. The second kappa shape index (κ2) is 7.40.